The van der Waals surface area contributed by atoms with Crippen molar-refractivity contribution in [3.63, 3.8) is 0 Å². The summed E-state index contributed by atoms with van der Waals surface area (Å²) in [4.78, 5) is 57.7. The first kappa shape index (κ1) is 37.1. The third-order valence-electron chi connectivity index (χ3n) is 11.0. The van der Waals surface area contributed by atoms with Gasteiger partial charge in [0.05, 0.1) is 17.3 Å². The van der Waals surface area contributed by atoms with E-state index in [0.29, 0.717) is 60.2 Å². The Balaban J connectivity index is 1.31. The van der Waals surface area contributed by atoms with Crippen molar-refractivity contribution >= 4 is 34.4 Å². The highest BCUT2D eigenvalue weighted by Crippen LogP contribution is 2.60. The Hall–Kier alpha value is -5.18. The number of aliphatic hydroxyl groups excluding tert-OH is 1. The Labute approximate surface area is 310 Å². The SMILES string of the molecule is Cc1ncc(-c2cc3c4c(c2)c(C(C)O)nn4CC(=O)N2[C@H](C(=O)Nc4nc(C(F)(F)F)ccc4C)C[C@]4(C[C@@H]24)CN(C)C(=O)[C@@H](C)CC/C=C/C3)cn1. The lowest BCUT2D eigenvalue weighted by atomic mass is 9.96. The van der Waals surface area contributed by atoms with E-state index < -0.39 is 41.2 Å². The van der Waals surface area contributed by atoms with Crippen LogP contribution in [0.4, 0.5) is 19.0 Å². The van der Waals surface area contributed by atoms with Crippen LogP contribution in [-0.2, 0) is 33.5 Å². The first-order chi connectivity index (χ1) is 25.6. The van der Waals surface area contributed by atoms with Gasteiger partial charge in [-0.1, -0.05) is 25.1 Å². The quantitative estimate of drug-likeness (QED) is 0.259. The van der Waals surface area contributed by atoms with Crippen LogP contribution in [0.1, 0.15) is 74.0 Å². The first-order valence-corrected chi connectivity index (χ1v) is 18.1. The minimum atomic E-state index is -4.72. The predicted octanol–water partition coefficient (Wildman–Crippen LogP) is 5.56. The van der Waals surface area contributed by atoms with Gasteiger partial charge in [0.2, 0.25) is 17.7 Å². The molecular formula is C39H43F3N8O4. The average molecular weight is 745 g/mol. The molecule has 1 saturated carbocycles. The van der Waals surface area contributed by atoms with Crippen LogP contribution in [-0.4, -0.2) is 83.0 Å². The zero-order chi connectivity index (χ0) is 38.7. The summed E-state index contributed by atoms with van der Waals surface area (Å²) in [5, 5.41) is 18.9. The Morgan fingerprint density at radius 2 is 1.81 bits per heavy atom. The monoisotopic (exact) mass is 744 g/mol. The number of carbonyl (C=O) groups is 3. The number of rotatable bonds is 4. The molecule has 2 bridgehead atoms. The Bertz CT molecular complexity index is 2170. The minimum Gasteiger partial charge on any atom is -0.387 e. The maximum atomic E-state index is 14.6. The number of nitrogens with one attached hydrogen (secondary N) is 1. The molecule has 284 valence electrons. The van der Waals surface area contributed by atoms with Gasteiger partial charge in [0.15, 0.2) is 0 Å². The third-order valence-corrected chi connectivity index (χ3v) is 11.0. The van der Waals surface area contributed by atoms with Crippen LogP contribution in [0.2, 0.25) is 0 Å². The van der Waals surface area contributed by atoms with Crippen molar-refractivity contribution in [2.24, 2.45) is 11.3 Å². The fraction of sp³-hybridized carbons (Fsp3) is 0.462. The van der Waals surface area contributed by atoms with Gasteiger partial charge < -0.3 is 20.2 Å². The molecule has 12 nitrogen and oxygen atoms in total. The number of piperidine rings is 1. The molecule has 5 atom stereocenters. The van der Waals surface area contributed by atoms with Crippen LogP contribution in [0.15, 0.2) is 48.8 Å². The number of alkyl halides is 3. The van der Waals surface area contributed by atoms with Crippen LogP contribution >= 0.6 is 0 Å². The number of carbonyl (C=O) groups excluding carboxylic acids is 3. The maximum absolute atomic E-state index is 14.6. The van der Waals surface area contributed by atoms with Crippen molar-refractivity contribution in [3.05, 3.63) is 77.2 Å². The van der Waals surface area contributed by atoms with Gasteiger partial charge in [0.1, 0.15) is 29.9 Å². The molecule has 3 aromatic heterocycles. The summed E-state index contributed by atoms with van der Waals surface area (Å²) in [6, 6.07) is 4.56. The van der Waals surface area contributed by atoms with Gasteiger partial charge in [0.25, 0.3) is 0 Å². The molecule has 0 radical (unpaired) electrons. The fourth-order valence-corrected chi connectivity index (χ4v) is 8.10. The van der Waals surface area contributed by atoms with E-state index in [1.54, 1.807) is 49.8 Å². The van der Waals surface area contributed by atoms with Crippen LogP contribution in [0.25, 0.3) is 22.0 Å². The number of aliphatic hydroxyl groups is 1. The van der Waals surface area contributed by atoms with Crippen molar-refractivity contribution in [1.82, 2.24) is 34.5 Å². The van der Waals surface area contributed by atoms with Gasteiger partial charge in [-0.2, -0.15) is 18.3 Å². The molecule has 2 aliphatic heterocycles. The van der Waals surface area contributed by atoms with E-state index in [4.69, 9.17) is 5.10 Å². The molecule has 1 aliphatic carbocycles. The molecule has 15 heteroatoms. The summed E-state index contributed by atoms with van der Waals surface area (Å²) >= 11 is 0. The molecule has 2 N–H and O–H groups in total. The van der Waals surface area contributed by atoms with E-state index >= 15 is 0 Å². The molecule has 1 unspecified atom stereocenters. The Morgan fingerprint density at radius 3 is 2.52 bits per heavy atom. The zero-order valence-corrected chi connectivity index (χ0v) is 30.8. The molecule has 7 rings (SSSR count). The average Bonchev–Trinajstić information content (AvgIpc) is 3.51. The number of amides is 3. The van der Waals surface area contributed by atoms with E-state index in [2.05, 4.69) is 20.3 Å². The van der Waals surface area contributed by atoms with Gasteiger partial charge >= 0.3 is 6.18 Å². The number of hydrogen-bond acceptors (Lipinski definition) is 8. The molecular weight excluding hydrogens is 701 g/mol. The number of aryl methyl sites for hydroxylation is 2. The number of allylic oxidation sites excluding steroid dienone is 2. The van der Waals surface area contributed by atoms with Gasteiger partial charge in [-0.15, -0.1) is 0 Å². The Kier molecular flexibility index (Phi) is 9.57. The molecule has 5 heterocycles. The number of benzene rings is 1. The fourth-order valence-electron chi connectivity index (χ4n) is 8.10. The molecule has 1 aromatic carbocycles. The standard InChI is InChI=1S/C39H43F3N8O4/c1-21-11-12-30(39(40,41)42)45-35(21)46-36(53)29-15-38-16-31(38)50(29)32(52)19-49-34-25(10-8-6-7-9-22(2)37(54)48(5)20-38)13-26(27-17-43-24(4)44-18-27)14-28(34)33(47-49)23(3)51/h6,8,11-14,17-18,22-23,29,31,51H,7,9-10,15-16,19-20H2,1-5H3,(H,45,46,53)/b8-6+/t22-,23?,29-,31+,38-/m0/s1. The molecule has 2 fully saturated rings. The summed E-state index contributed by atoms with van der Waals surface area (Å²) in [7, 11) is 1.73. The van der Waals surface area contributed by atoms with Gasteiger partial charge in [-0.3, -0.25) is 19.1 Å². The summed E-state index contributed by atoms with van der Waals surface area (Å²) < 4.78 is 42.3. The molecule has 0 spiro atoms. The number of hydrogen-bond donors (Lipinski definition) is 2. The lowest BCUT2D eigenvalue weighted by molar-refractivity contribution is -0.141. The lowest BCUT2D eigenvalue weighted by Crippen LogP contribution is -2.47. The van der Waals surface area contributed by atoms with Crippen molar-refractivity contribution in [1.29, 1.82) is 0 Å². The second kappa shape index (κ2) is 13.9. The zero-order valence-electron chi connectivity index (χ0n) is 30.8. The van der Waals surface area contributed by atoms with Crippen molar-refractivity contribution in [3.8, 4) is 11.1 Å². The van der Waals surface area contributed by atoms with Crippen LogP contribution in [0.5, 0.6) is 0 Å². The maximum Gasteiger partial charge on any atom is 0.433 e. The molecule has 1 saturated heterocycles. The smallest absolute Gasteiger partial charge is 0.387 e. The van der Waals surface area contributed by atoms with E-state index in [1.165, 1.54) is 11.0 Å². The normalized spacial score (nSPS) is 24.6. The van der Waals surface area contributed by atoms with Crippen molar-refractivity contribution in [2.45, 2.75) is 90.7 Å². The molecule has 4 aromatic rings. The largest absolute Gasteiger partial charge is 0.433 e. The highest BCUT2D eigenvalue weighted by Gasteiger charge is 2.67. The van der Waals surface area contributed by atoms with Gasteiger partial charge in [0, 0.05) is 54.3 Å². The Morgan fingerprint density at radius 1 is 1.07 bits per heavy atom. The second-order valence-electron chi connectivity index (χ2n) is 15.1. The molecule has 3 amide bonds. The van der Waals surface area contributed by atoms with Crippen molar-refractivity contribution in [2.75, 3.05) is 18.9 Å². The summed E-state index contributed by atoms with van der Waals surface area (Å²) in [5.74, 6) is -1.01. The highest BCUT2D eigenvalue weighted by molar-refractivity contribution is 5.98. The van der Waals surface area contributed by atoms with E-state index in [-0.39, 0.29) is 36.7 Å². The predicted molar refractivity (Wildman–Crippen MR) is 194 cm³/mol. The summed E-state index contributed by atoms with van der Waals surface area (Å²) in [6.07, 6.45) is 4.35. The highest BCUT2D eigenvalue weighted by atomic mass is 19.4. The first-order valence-electron chi connectivity index (χ1n) is 18.1. The van der Waals surface area contributed by atoms with E-state index in [0.717, 1.165) is 22.8 Å². The summed E-state index contributed by atoms with van der Waals surface area (Å²) in [5.41, 5.74) is 2.06. The van der Waals surface area contributed by atoms with E-state index in [9.17, 15) is 32.7 Å². The number of pyridine rings is 1. The number of aromatic nitrogens is 5. The lowest BCUT2D eigenvalue weighted by Gasteiger charge is -2.27. The van der Waals surface area contributed by atoms with Crippen LogP contribution < -0.4 is 5.32 Å². The number of nitrogens with zero attached hydrogens (tertiary/aromatic N) is 7. The third kappa shape index (κ3) is 6.96. The minimum absolute atomic E-state index is 0.0391. The number of halogens is 3. The molecule has 54 heavy (non-hydrogen) atoms. The van der Waals surface area contributed by atoms with Crippen LogP contribution in [0, 0.1) is 25.2 Å². The second-order valence-corrected chi connectivity index (χ2v) is 15.1. The van der Waals surface area contributed by atoms with Gasteiger partial charge in [-0.05, 0) is 87.8 Å². The topological polar surface area (TPSA) is 146 Å². The van der Waals surface area contributed by atoms with Crippen LogP contribution in [0.3, 0.4) is 0 Å². The number of anilines is 1. The van der Waals surface area contributed by atoms with Gasteiger partial charge in [-0.25, -0.2) is 15.0 Å². The van der Waals surface area contributed by atoms with Crippen molar-refractivity contribution < 1.29 is 32.7 Å². The summed E-state index contributed by atoms with van der Waals surface area (Å²) in [6.45, 7) is 6.89. The molecule has 3 aliphatic rings. The van der Waals surface area contributed by atoms with E-state index in [1.807, 2.05) is 31.2 Å².